The van der Waals surface area contributed by atoms with Crippen molar-refractivity contribution in [3.05, 3.63) is 64.2 Å². The molecule has 0 amide bonds. The second-order valence-corrected chi connectivity index (χ2v) is 5.04. The molecular weight excluding hydrogens is 334 g/mol. The normalized spacial score (nSPS) is 10.8. The Hall–Kier alpha value is -3.30. The van der Waals surface area contributed by atoms with Gasteiger partial charge in [0.05, 0.1) is 0 Å². The summed E-state index contributed by atoms with van der Waals surface area (Å²) in [6, 6.07) is 11.1. The molecule has 0 fully saturated rings. The van der Waals surface area contributed by atoms with Crippen molar-refractivity contribution in [2.75, 3.05) is 0 Å². The van der Waals surface area contributed by atoms with Crippen LogP contribution in [0.1, 0.15) is 15.9 Å². The standard InChI is InChI=1S/C17H10ClNO5/c18-12-3-1-10(2-4-12)7-11(9-19)16(22)24-17(23)14-8-13(20)5-6-15(14)21/h1-8,20-21H/b11-7+. The van der Waals surface area contributed by atoms with Gasteiger partial charge in [0.2, 0.25) is 0 Å². The Morgan fingerprint density at radius 3 is 2.42 bits per heavy atom. The van der Waals surface area contributed by atoms with E-state index >= 15 is 0 Å². The molecule has 2 aromatic carbocycles. The monoisotopic (exact) mass is 343 g/mol. The number of carbonyl (C=O) groups is 2. The summed E-state index contributed by atoms with van der Waals surface area (Å²) in [7, 11) is 0. The number of ether oxygens (including phenoxy) is 1. The number of aromatic hydroxyl groups is 2. The van der Waals surface area contributed by atoms with Crippen LogP contribution in [0, 0.1) is 11.3 Å². The number of esters is 2. The molecule has 0 atom stereocenters. The number of hydrogen-bond donors (Lipinski definition) is 2. The van der Waals surface area contributed by atoms with Crippen LogP contribution >= 0.6 is 11.6 Å². The van der Waals surface area contributed by atoms with E-state index in [4.69, 9.17) is 16.9 Å². The fourth-order valence-electron chi connectivity index (χ4n) is 1.74. The van der Waals surface area contributed by atoms with Crippen molar-refractivity contribution >= 4 is 29.6 Å². The molecule has 6 nitrogen and oxygen atoms in total. The molecule has 7 heteroatoms. The molecule has 0 aliphatic carbocycles. The summed E-state index contributed by atoms with van der Waals surface area (Å²) in [6.45, 7) is 0. The molecule has 0 aliphatic heterocycles. The van der Waals surface area contributed by atoms with Gasteiger partial charge in [-0.1, -0.05) is 23.7 Å². The van der Waals surface area contributed by atoms with Crippen LogP contribution in [0.15, 0.2) is 48.0 Å². The maximum absolute atomic E-state index is 11.9. The highest BCUT2D eigenvalue weighted by Gasteiger charge is 2.20. The van der Waals surface area contributed by atoms with E-state index in [0.29, 0.717) is 10.6 Å². The first-order valence-corrected chi connectivity index (χ1v) is 6.94. The molecule has 0 saturated heterocycles. The number of phenolic OH excluding ortho intramolecular Hbond substituents is 2. The molecule has 0 bridgehead atoms. The zero-order chi connectivity index (χ0) is 17.7. The van der Waals surface area contributed by atoms with Crippen molar-refractivity contribution in [2.24, 2.45) is 0 Å². The first kappa shape index (κ1) is 17.1. The number of phenols is 2. The number of hydrogen-bond acceptors (Lipinski definition) is 6. The molecule has 2 N–H and O–H groups in total. The smallest absolute Gasteiger partial charge is 0.356 e. The third-order valence-electron chi connectivity index (χ3n) is 2.91. The maximum atomic E-state index is 11.9. The minimum absolute atomic E-state index is 0.288. The Labute approximate surface area is 141 Å². The molecule has 0 heterocycles. The molecule has 120 valence electrons. The van der Waals surface area contributed by atoms with Gasteiger partial charge in [0.15, 0.2) is 0 Å². The third-order valence-corrected chi connectivity index (χ3v) is 3.16. The van der Waals surface area contributed by atoms with Crippen LogP contribution < -0.4 is 0 Å². The second kappa shape index (κ2) is 7.31. The molecule has 0 aromatic heterocycles. The fraction of sp³-hybridized carbons (Fsp3) is 0. The lowest BCUT2D eigenvalue weighted by Crippen LogP contribution is -2.14. The van der Waals surface area contributed by atoms with Gasteiger partial charge in [-0.05, 0) is 42.0 Å². The van der Waals surface area contributed by atoms with Crippen LogP contribution in [0.5, 0.6) is 11.5 Å². The molecule has 0 spiro atoms. The minimum atomic E-state index is -1.19. The summed E-state index contributed by atoms with van der Waals surface area (Å²) >= 11 is 5.74. The Kier molecular flexibility index (Phi) is 5.20. The zero-order valence-electron chi connectivity index (χ0n) is 12.1. The summed E-state index contributed by atoms with van der Waals surface area (Å²) in [5, 5.41) is 28.4. The van der Waals surface area contributed by atoms with Crippen LogP contribution in [0.4, 0.5) is 0 Å². The van der Waals surface area contributed by atoms with Crippen LogP contribution in [-0.4, -0.2) is 22.2 Å². The lowest BCUT2D eigenvalue weighted by molar-refractivity contribution is -0.133. The van der Waals surface area contributed by atoms with E-state index in [1.54, 1.807) is 30.3 Å². The largest absolute Gasteiger partial charge is 0.508 e. The van der Waals surface area contributed by atoms with Crippen molar-refractivity contribution < 1.29 is 24.5 Å². The topological polar surface area (TPSA) is 108 Å². The van der Waals surface area contributed by atoms with Crippen molar-refractivity contribution in [3.8, 4) is 17.6 Å². The van der Waals surface area contributed by atoms with Crippen LogP contribution in [-0.2, 0) is 9.53 Å². The molecular formula is C17H10ClNO5. The lowest BCUT2D eigenvalue weighted by atomic mass is 10.1. The van der Waals surface area contributed by atoms with Crippen molar-refractivity contribution in [3.63, 3.8) is 0 Å². The predicted molar refractivity (Wildman–Crippen MR) is 85.2 cm³/mol. The van der Waals surface area contributed by atoms with E-state index in [-0.39, 0.29) is 5.75 Å². The maximum Gasteiger partial charge on any atom is 0.356 e. The number of rotatable bonds is 3. The number of nitriles is 1. The number of carbonyl (C=O) groups excluding carboxylic acids is 2. The van der Waals surface area contributed by atoms with Crippen molar-refractivity contribution in [2.45, 2.75) is 0 Å². The third kappa shape index (κ3) is 4.12. The Morgan fingerprint density at radius 2 is 1.79 bits per heavy atom. The highest BCUT2D eigenvalue weighted by Crippen LogP contribution is 2.23. The summed E-state index contributed by atoms with van der Waals surface area (Å²) in [6.07, 6.45) is 1.23. The summed E-state index contributed by atoms with van der Waals surface area (Å²) in [5.74, 6) is -3.12. The van der Waals surface area contributed by atoms with E-state index in [0.717, 1.165) is 18.2 Å². The molecule has 0 aliphatic rings. The van der Waals surface area contributed by atoms with Crippen LogP contribution in [0.2, 0.25) is 5.02 Å². The SMILES string of the molecule is N#C/C(=C\c1ccc(Cl)cc1)C(=O)OC(=O)c1cc(O)ccc1O. The molecule has 0 saturated carbocycles. The van der Waals surface area contributed by atoms with Crippen LogP contribution in [0.25, 0.3) is 6.08 Å². The molecule has 0 radical (unpaired) electrons. The van der Waals surface area contributed by atoms with Crippen molar-refractivity contribution in [1.82, 2.24) is 0 Å². The second-order valence-electron chi connectivity index (χ2n) is 4.60. The number of halogens is 1. The van der Waals surface area contributed by atoms with E-state index in [9.17, 15) is 19.8 Å². The van der Waals surface area contributed by atoms with Gasteiger partial charge in [-0.15, -0.1) is 0 Å². The summed E-state index contributed by atoms with van der Waals surface area (Å²) < 4.78 is 4.56. The van der Waals surface area contributed by atoms with Crippen LogP contribution in [0.3, 0.4) is 0 Å². The van der Waals surface area contributed by atoms with Gasteiger partial charge in [-0.3, -0.25) is 0 Å². The van der Waals surface area contributed by atoms with Gasteiger partial charge in [0.1, 0.15) is 28.7 Å². The van der Waals surface area contributed by atoms with E-state index < -0.39 is 28.8 Å². The average Bonchev–Trinajstić information content (AvgIpc) is 2.56. The van der Waals surface area contributed by atoms with Gasteiger partial charge < -0.3 is 14.9 Å². The Balaban J connectivity index is 2.20. The lowest BCUT2D eigenvalue weighted by Gasteiger charge is -2.05. The Morgan fingerprint density at radius 1 is 1.12 bits per heavy atom. The van der Waals surface area contributed by atoms with Gasteiger partial charge in [0.25, 0.3) is 0 Å². The van der Waals surface area contributed by atoms with Gasteiger partial charge >= 0.3 is 11.9 Å². The summed E-state index contributed by atoms with van der Waals surface area (Å²) in [4.78, 5) is 23.8. The fourth-order valence-corrected chi connectivity index (χ4v) is 1.87. The first-order valence-electron chi connectivity index (χ1n) is 6.56. The van der Waals surface area contributed by atoms with Gasteiger partial charge in [0, 0.05) is 5.02 Å². The van der Waals surface area contributed by atoms with Gasteiger partial charge in [-0.2, -0.15) is 5.26 Å². The molecule has 0 unspecified atom stereocenters. The minimum Gasteiger partial charge on any atom is -0.508 e. The van der Waals surface area contributed by atoms with Crippen molar-refractivity contribution in [1.29, 1.82) is 5.26 Å². The average molecular weight is 344 g/mol. The number of nitrogens with zero attached hydrogens (tertiary/aromatic N) is 1. The first-order chi connectivity index (χ1) is 11.4. The number of benzene rings is 2. The van der Waals surface area contributed by atoms with E-state index in [1.807, 2.05) is 0 Å². The Bertz CT molecular complexity index is 866. The molecule has 2 rings (SSSR count). The van der Waals surface area contributed by atoms with E-state index in [1.165, 1.54) is 6.08 Å². The summed E-state index contributed by atoms with van der Waals surface area (Å²) in [5.41, 5.74) is -0.294. The zero-order valence-corrected chi connectivity index (χ0v) is 12.8. The quantitative estimate of drug-likeness (QED) is 0.291. The highest BCUT2D eigenvalue weighted by molar-refractivity contribution is 6.30. The van der Waals surface area contributed by atoms with E-state index in [2.05, 4.69) is 4.74 Å². The molecule has 24 heavy (non-hydrogen) atoms. The predicted octanol–water partition coefficient (Wildman–Crippen LogP) is 3.04. The highest BCUT2D eigenvalue weighted by atomic mass is 35.5. The van der Waals surface area contributed by atoms with Gasteiger partial charge in [-0.25, -0.2) is 9.59 Å². The molecule has 2 aromatic rings.